The first-order chi connectivity index (χ1) is 40.4. The van der Waals surface area contributed by atoms with Gasteiger partial charge >= 0.3 is 0 Å². The molecule has 3 heterocycles. The Kier molecular flexibility index (Phi) is 12.5. The van der Waals surface area contributed by atoms with Crippen molar-refractivity contribution in [1.29, 1.82) is 0 Å². The maximum Gasteiger partial charge on any atom is 0.252 e. The van der Waals surface area contributed by atoms with Gasteiger partial charge < -0.3 is 14.4 Å². The summed E-state index contributed by atoms with van der Waals surface area (Å²) < 4.78 is 2.57. The molecule has 2 aliphatic rings. The number of hydrogen-bond donors (Lipinski definition) is 0. The second kappa shape index (κ2) is 19.8. The Bertz CT molecular complexity index is 4280. The van der Waals surface area contributed by atoms with Gasteiger partial charge in [-0.1, -0.05) is 223 Å². The second-order valence-electron chi connectivity index (χ2n) is 26.2. The summed E-state index contributed by atoms with van der Waals surface area (Å²) in [6.07, 6.45) is 0. The number of fused-ring (bicyclic) bond motifs is 7. The molecule has 0 spiro atoms. The average molecular weight is 1090 g/mol. The Morgan fingerprint density at radius 3 is 1.01 bits per heavy atom. The fourth-order valence-electron chi connectivity index (χ4n) is 14.6. The smallest absolute Gasteiger partial charge is 0.252 e. The van der Waals surface area contributed by atoms with Crippen molar-refractivity contribution in [1.82, 2.24) is 4.57 Å². The van der Waals surface area contributed by atoms with Crippen molar-refractivity contribution in [2.45, 2.75) is 93.9 Å². The predicted octanol–water partition coefficient (Wildman–Crippen LogP) is 20.0. The SMILES string of the molecule is Cc1cc(C)c(N2c3cc(-c4ccccc4)c(C(C)(C)C)cc3B3c4cc(C(C)(C)C)c(-c5ccccc5)cc4N(c4c(C)cc(C)cc4C)c4cc(-n5c6ccc(-c7ccccc7)cc6c6cc(-c7ccccc7)ccc65)cc2c43)c(C)c1. The average Bonchev–Trinajstić information content (AvgIpc) is 0.857. The van der Waals surface area contributed by atoms with Gasteiger partial charge in [0.1, 0.15) is 0 Å². The van der Waals surface area contributed by atoms with Crippen molar-refractivity contribution in [3.63, 3.8) is 0 Å². The van der Waals surface area contributed by atoms with Gasteiger partial charge in [0, 0.05) is 33.5 Å². The number of aryl methyl sites for hydroxylation is 6. The van der Waals surface area contributed by atoms with Crippen LogP contribution >= 0.6 is 0 Å². The molecular formula is C80H72BN3. The van der Waals surface area contributed by atoms with Crippen LogP contribution in [0.2, 0.25) is 0 Å². The van der Waals surface area contributed by atoms with Crippen molar-refractivity contribution in [2.75, 3.05) is 9.80 Å². The number of nitrogens with zero attached hydrogens (tertiary/aromatic N) is 3. The summed E-state index contributed by atoms with van der Waals surface area (Å²) in [6, 6.07) is 83.2. The van der Waals surface area contributed by atoms with Crippen LogP contribution in [0.25, 0.3) is 72.0 Å². The Hall–Kier alpha value is -9.12. The van der Waals surface area contributed by atoms with Crippen molar-refractivity contribution in [3.8, 4) is 50.2 Å². The molecule has 0 amide bonds. The van der Waals surface area contributed by atoms with Gasteiger partial charge in [-0.05, 0) is 195 Å². The normalized spacial score (nSPS) is 12.9. The number of hydrogen-bond acceptors (Lipinski definition) is 2. The van der Waals surface area contributed by atoms with Crippen LogP contribution in [-0.4, -0.2) is 11.3 Å². The van der Waals surface area contributed by atoms with Crippen LogP contribution in [0.3, 0.4) is 0 Å². The summed E-state index contributed by atoms with van der Waals surface area (Å²) in [7, 11) is 0. The minimum Gasteiger partial charge on any atom is -0.311 e. The number of anilines is 6. The van der Waals surface area contributed by atoms with Gasteiger partial charge in [0.15, 0.2) is 0 Å². The highest BCUT2D eigenvalue weighted by atomic mass is 15.2. The quantitative estimate of drug-likeness (QED) is 0.147. The summed E-state index contributed by atoms with van der Waals surface area (Å²) in [5.74, 6) is 0. The molecule has 1 aromatic heterocycles. The Morgan fingerprint density at radius 2 is 0.667 bits per heavy atom. The highest BCUT2D eigenvalue weighted by Crippen LogP contribution is 2.52. The first-order valence-electron chi connectivity index (χ1n) is 30.0. The van der Waals surface area contributed by atoms with Crippen molar-refractivity contribution >= 4 is 79.0 Å². The van der Waals surface area contributed by atoms with Crippen LogP contribution in [0.4, 0.5) is 34.1 Å². The molecule has 3 nitrogen and oxygen atoms in total. The number of aromatic nitrogens is 1. The molecule has 0 saturated carbocycles. The zero-order chi connectivity index (χ0) is 58.1. The lowest BCUT2D eigenvalue weighted by Gasteiger charge is -2.47. The Labute approximate surface area is 497 Å². The van der Waals surface area contributed by atoms with E-state index in [1.54, 1.807) is 0 Å². The lowest BCUT2D eigenvalue weighted by atomic mass is 9.33. The Balaban J connectivity index is 1.18. The summed E-state index contributed by atoms with van der Waals surface area (Å²) in [5, 5.41) is 2.44. The topological polar surface area (TPSA) is 11.4 Å². The fourth-order valence-corrected chi connectivity index (χ4v) is 14.6. The molecule has 12 aromatic rings. The predicted molar refractivity (Wildman–Crippen MR) is 362 cm³/mol. The highest BCUT2D eigenvalue weighted by molar-refractivity contribution is 7.00. The molecule has 0 aliphatic carbocycles. The maximum atomic E-state index is 2.69. The van der Waals surface area contributed by atoms with E-state index in [1.807, 2.05) is 0 Å². The van der Waals surface area contributed by atoms with Gasteiger partial charge in [0.05, 0.1) is 28.1 Å². The van der Waals surface area contributed by atoms with Crippen molar-refractivity contribution < 1.29 is 0 Å². The summed E-state index contributed by atoms with van der Waals surface area (Å²) in [5.41, 5.74) is 34.3. The second-order valence-corrected chi connectivity index (χ2v) is 26.2. The van der Waals surface area contributed by atoms with Crippen molar-refractivity contribution in [2.24, 2.45) is 0 Å². The monoisotopic (exact) mass is 1090 g/mol. The van der Waals surface area contributed by atoms with E-state index in [0.717, 1.165) is 16.7 Å². The maximum absolute atomic E-state index is 2.69. The van der Waals surface area contributed by atoms with E-state index in [0.29, 0.717) is 0 Å². The van der Waals surface area contributed by atoms with E-state index in [2.05, 4.69) is 316 Å². The molecule has 0 saturated heterocycles. The van der Waals surface area contributed by atoms with Gasteiger partial charge in [-0.25, -0.2) is 0 Å². The molecule has 14 rings (SSSR count). The van der Waals surface area contributed by atoms with E-state index in [-0.39, 0.29) is 17.5 Å². The van der Waals surface area contributed by atoms with Gasteiger partial charge in [-0.2, -0.15) is 0 Å². The van der Waals surface area contributed by atoms with Crippen LogP contribution < -0.4 is 26.2 Å². The lowest BCUT2D eigenvalue weighted by Crippen LogP contribution is -2.62. The van der Waals surface area contributed by atoms with Crippen LogP contribution in [0, 0.1) is 41.5 Å². The largest absolute Gasteiger partial charge is 0.311 e. The summed E-state index contributed by atoms with van der Waals surface area (Å²) in [6.45, 7) is 28.0. The minimum atomic E-state index is -0.182. The van der Waals surface area contributed by atoms with E-state index >= 15 is 0 Å². The summed E-state index contributed by atoms with van der Waals surface area (Å²) in [4.78, 5) is 5.38. The Morgan fingerprint density at radius 1 is 0.321 bits per heavy atom. The molecule has 0 radical (unpaired) electrons. The van der Waals surface area contributed by atoms with Gasteiger partial charge in [-0.15, -0.1) is 0 Å². The number of benzene rings is 11. The third-order valence-electron chi connectivity index (χ3n) is 18.1. The van der Waals surface area contributed by atoms with E-state index in [1.165, 1.54) is 150 Å². The molecule has 4 heteroatoms. The highest BCUT2D eigenvalue weighted by Gasteiger charge is 2.46. The van der Waals surface area contributed by atoms with E-state index in [9.17, 15) is 0 Å². The molecule has 2 aliphatic heterocycles. The molecule has 0 fully saturated rings. The van der Waals surface area contributed by atoms with Gasteiger partial charge in [0.2, 0.25) is 0 Å². The third-order valence-corrected chi connectivity index (χ3v) is 18.1. The minimum absolute atomic E-state index is 0.129. The first kappa shape index (κ1) is 52.9. The van der Waals surface area contributed by atoms with Crippen LogP contribution in [0.15, 0.2) is 218 Å². The summed E-state index contributed by atoms with van der Waals surface area (Å²) >= 11 is 0. The zero-order valence-corrected chi connectivity index (χ0v) is 50.7. The van der Waals surface area contributed by atoms with Gasteiger partial charge in [0.25, 0.3) is 6.71 Å². The molecule has 0 bridgehead atoms. The molecule has 0 N–H and O–H groups in total. The standard InChI is InChI=1S/C80H72BN3/c1-49-37-51(3)77(52(4)38-49)83-72-45-62(57-29-21-15-22-30-57)66(79(7,8)9)47-68(72)81-69-48-67(80(10,11)12)63(58-31-23-16-24-32-58)46-73(69)84(78-53(5)39-50(2)40-54(78)6)75-44-61(43-74(83)76(75)81)82-70-35-33-59(55-25-17-13-18-26-55)41-64(70)65-42-60(34-36-71(65)82)56-27-19-14-20-28-56/h13-48H,1-12H3. The van der Waals surface area contributed by atoms with Gasteiger partial charge in [-0.3, -0.25) is 0 Å². The van der Waals surface area contributed by atoms with Crippen LogP contribution in [0.5, 0.6) is 0 Å². The van der Waals surface area contributed by atoms with E-state index in [4.69, 9.17) is 0 Å². The number of rotatable bonds is 7. The van der Waals surface area contributed by atoms with Crippen LogP contribution in [-0.2, 0) is 10.8 Å². The third kappa shape index (κ3) is 8.63. The van der Waals surface area contributed by atoms with Crippen LogP contribution in [0.1, 0.15) is 86.1 Å². The molecule has 84 heavy (non-hydrogen) atoms. The zero-order valence-electron chi connectivity index (χ0n) is 50.7. The molecule has 11 aromatic carbocycles. The van der Waals surface area contributed by atoms with Crippen molar-refractivity contribution in [3.05, 3.63) is 263 Å². The molecule has 0 unspecified atom stereocenters. The molecule has 0 atom stereocenters. The lowest BCUT2D eigenvalue weighted by molar-refractivity contribution is 0.592. The fraction of sp³-hybridized carbons (Fsp3) is 0.175. The first-order valence-corrected chi connectivity index (χ1v) is 30.0. The van der Waals surface area contributed by atoms with E-state index < -0.39 is 0 Å². The molecule has 410 valence electrons. The molecular weight excluding hydrogens is 1010 g/mol.